The number of piperazine rings is 1. The molecule has 108 valence electrons. The van der Waals surface area contributed by atoms with Gasteiger partial charge in [0.25, 0.3) is 0 Å². The van der Waals surface area contributed by atoms with Gasteiger partial charge in [0.2, 0.25) is 5.95 Å². The molecule has 20 heavy (non-hydrogen) atoms. The molecule has 0 amide bonds. The average molecular weight is 311 g/mol. The Kier molecular flexibility index (Phi) is 4.10. The Bertz CT molecular complexity index is 604. The van der Waals surface area contributed by atoms with E-state index in [4.69, 9.17) is 16.6 Å². The van der Waals surface area contributed by atoms with Crippen LogP contribution in [0, 0.1) is 0 Å². The monoisotopic (exact) mass is 310 g/mol. The standard InChI is InChI=1S/C14H19ClN4S/c1-3-10-9-11-12(15)16-14(17-13(11)20-10)19-7-5-18(4-2)6-8-19/h9H,3-8H2,1-2H3. The van der Waals surface area contributed by atoms with Crippen LogP contribution in [0.2, 0.25) is 5.15 Å². The van der Waals surface area contributed by atoms with Crippen LogP contribution in [0.5, 0.6) is 0 Å². The first kappa shape index (κ1) is 14.0. The van der Waals surface area contributed by atoms with Gasteiger partial charge < -0.3 is 9.80 Å². The largest absolute Gasteiger partial charge is 0.338 e. The first-order chi connectivity index (χ1) is 9.71. The summed E-state index contributed by atoms with van der Waals surface area (Å²) >= 11 is 8.05. The van der Waals surface area contributed by atoms with E-state index in [9.17, 15) is 0 Å². The third-order valence-electron chi connectivity index (χ3n) is 3.84. The van der Waals surface area contributed by atoms with Crippen LogP contribution in [-0.4, -0.2) is 47.6 Å². The summed E-state index contributed by atoms with van der Waals surface area (Å²) in [6, 6.07) is 2.11. The van der Waals surface area contributed by atoms with Crippen molar-refractivity contribution in [1.29, 1.82) is 0 Å². The summed E-state index contributed by atoms with van der Waals surface area (Å²) in [5.41, 5.74) is 0. The summed E-state index contributed by atoms with van der Waals surface area (Å²) in [5, 5.41) is 1.57. The van der Waals surface area contributed by atoms with Crippen molar-refractivity contribution in [3.63, 3.8) is 0 Å². The Morgan fingerprint density at radius 1 is 1.20 bits per heavy atom. The van der Waals surface area contributed by atoms with Crippen LogP contribution in [0.3, 0.4) is 0 Å². The van der Waals surface area contributed by atoms with E-state index in [0.717, 1.165) is 55.3 Å². The summed E-state index contributed by atoms with van der Waals surface area (Å²) in [7, 11) is 0. The number of likely N-dealkylation sites (N-methyl/N-ethyl adjacent to an activating group) is 1. The van der Waals surface area contributed by atoms with Gasteiger partial charge in [-0.05, 0) is 19.0 Å². The van der Waals surface area contributed by atoms with Crippen molar-refractivity contribution in [2.45, 2.75) is 20.3 Å². The van der Waals surface area contributed by atoms with Crippen LogP contribution in [-0.2, 0) is 6.42 Å². The topological polar surface area (TPSA) is 32.3 Å². The fraction of sp³-hybridized carbons (Fsp3) is 0.571. The van der Waals surface area contributed by atoms with Gasteiger partial charge in [-0.15, -0.1) is 11.3 Å². The molecule has 6 heteroatoms. The summed E-state index contributed by atoms with van der Waals surface area (Å²) in [4.78, 5) is 16.2. The van der Waals surface area contributed by atoms with E-state index in [-0.39, 0.29) is 0 Å². The van der Waals surface area contributed by atoms with Gasteiger partial charge in [0.1, 0.15) is 9.98 Å². The number of thiophene rings is 1. The second kappa shape index (κ2) is 5.84. The normalized spacial score (nSPS) is 17.1. The molecule has 3 heterocycles. The van der Waals surface area contributed by atoms with Crippen LogP contribution in [0.15, 0.2) is 6.07 Å². The molecule has 0 atom stereocenters. The van der Waals surface area contributed by atoms with Gasteiger partial charge in [-0.2, -0.15) is 0 Å². The lowest BCUT2D eigenvalue weighted by Gasteiger charge is -2.34. The van der Waals surface area contributed by atoms with E-state index in [1.54, 1.807) is 11.3 Å². The van der Waals surface area contributed by atoms with E-state index < -0.39 is 0 Å². The zero-order valence-corrected chi connectivity index (χ0v) is 13.5. The summed E-state index contributed by atoms with van der Waals surface area (Å²) < 4.78 is 0. The highest BCUT2D eigenvalue weighted by Crippen LogP contribution is 2.31. The zero-order chi connectivity index (χ0) is 14.1. The molecule has 0 spiro atoms. The lowest BCUT2D eigenvalue weighted by atomic mass is 10.3. The minimum atomic E-state index is 0.582. The van der Waals surface area contributed by atoms with Gasteiger partial charge >= 0.3 is 0 Å². The minimum Gasteiger partial charge on any atom is -0.338 e. The maximum absolute atomic E-state index is 6.33. The second-order valence-corrected chi connectivity index (χ2v) is 6.49. The minimum absolute atomic E-state index is 0.582. The van der Waals surface area contributed by atoms with Crippen LogP contribution < -0.4 is 4.90 Å². The fourth-order valence-corrected chi connectivity index (χ4v) is 3.74. The molecule has 1 aliphatic heterocycles. The van der Waals surface area contributed by atoms with Gasteiger partial charge in [0.15, 0.2) is 0 Å². The lowest BCUT2D eigenvalue weighted by molar-refractivity contribution is 0.270. The smallest absolute Gasteiger partial charge is 0.228 e. The molecule has 0 radical (unpaired) electrons. The van der Waals surface area contributed by atoms with Crippen molar-refractivity contribution in [3.05, 3.63) is 16.1 Å². The van der Waals surface area contributed by atoms with Crippen LogP contribution in [0.4, 0.5) is 5.95 Å². The summed E-state index contributed by atoms with van der Waals surface area (Å²) in [6.45, 7) is 9.55. The van der Waals surface area contributed by atoms with Crippen molar-refractivity contribution in [1.82, 2.24) is 14.9 Å². The molecule has 0 aromatic carbocycles. The number of nitrogens with zero attached hydrogens (tertiary/aromatic N) is 4. The summed E-state index contributed by atoms with van der Waals surface area (Å²) in [5.74, 6) is 0.780. The molecule has 3 rings (SSSR count). The van der Waals surface area contributed by atoms with Crippen molar-refractivity contribution < 1.29 is 0 Å². The number of anilines is 1. The third kappa shape index (κ3) is 2.62. The predicted molar refractivity (Wildman–Crippen MR) is 86.1 cm³/mol. The van der Waals surface area contributed by atoms with Gasteiger partial charge in [0.05, 0.1) is 0 Å². The quantitative estimate of drug-likeness (QED) is 0.816. The molecule has 0 unspecified atom stereocenters. The van der Waals surface area contributed by atoms with E-state index in [1.807, 2.05) is 0 Å². The first-order valence-electron chi connectivity index (χ1n) is 7.14. The average Bonchev–Trinajstić information content (AvgIpc) is 2.91. The highest BCUT2D eigenvalue weighted by atomic mass is 35.5. The van der Waals surface area contributed by atoms with Crippen molar-refractivity contribution >= 4 is 39.1 Å². The maximum Gasteiger partial charge on any atom is 0.228 e. The Balaban J connectivity index is 1.88. The highest BCUT2D eigenvalue weighted by molar-refractivity contribution is 7.18. The van der Waals surface area contributed by atoms with E-state index >= 15 is 0 Å². The Labute approximate surface area is 128 Å². The molecule has 0 bridgehead atoms. The van der Waals surface area contributed by atoms with E-state index in [1.165, 1.54) is 4.88 Å². The number of aromatic nitrogens is 2. The zero-order valence-electron chi connectivity index (χ0n) is 11.9. The molecular formula is C14H19ClN4S. The molecule has 1 fully saturated rings. The molecule has 1 aliphatic rings. The van der Waals surface area contributed by atoms with Gasteiger partial charge in [0, 0.05) is 36.4 Å². The van der Waals surface area contributed by atoms with Crippen molar-refractivity contribution in [2.75, 3.05) is 37.6 Å². The molecule has 0 aliphatic carbocycles. The van der Waals surface area contributed by atoms with Gasteiger partial charge in [-0.25, -0.2) is 9.97 Å². The van der Waals surface area contributed by atoms with E-state index in [2.05, 4.69) is 34.7 Å². The molecule has 1 saturated heterocycles. The van der Waals surface area contributed by atoms with E-state index in [0.29, 0.717) is 5.15 Å². The number of hydrogen-bond acceptors (Lipinski definition) is 5. The van der Waals surface area contributed by atoms with Crippen LogP contribution in [0.1, 0.15) is 18.7 Å². The highest BCUT2D eigenvalue weighted by Gasteiger charge is 2.19. The van der Waals surface area contributed by atoms with Crippen LogP contribution in [0.25, 0.3) is 10.2 Å². The molecule has 0 N–H and O–H groups in total. The second-order valence-electron chi connectivity index (χ2n) is 5.02. The molecule has 0 saturated carbocycles. The summed E-state index contributed by atoms with van der Waals surface area (Å²) in [6.07, 6.45) is 1.02. The fourth-order valence-electron chi connectivity index (χ4n) is 2.51. The molecule has 2 aromatic rings. The lowest BCUT2D eigenvalue weighted by Crippen LogP contribution is -2.46. The number of rotatable bonds is 3. The maximum atomic E-state index is 6.33. The van der Waals surface area contributed by atoms with Gasteiger partial charge in [-0.3, -0.25) is 0 Å². The Morgan fingerprint density at radius 2 is 1.95 bits per heavy atom. The number of aryl methyl sites for hydroxylation is 1. The van der Waals surface area contributed by atoms with Crippen LogP contribution >= 0.6 is 22.9 Å². The third-order valence-corrected chi connectivity index (χ3v) is 5.30. The molecule has 4 nitrogen and oxygen atoms in total. The predicted octanol–water partition coefficient (Wildman–Crippen LogP) is 3.05. The number of hydrogen-bond donors (Lipinski definition) is 0. The molecule has 2 aromatic heterocycles. The van der Waals surface area contributed by atoms with Gasteiger partial charge in [-0.1, -0.05) is 25.4 Å². The van der Waals surface area contributed by atoms with Crippen molar-refractivity contribution in [3.8, 4) is 0 Å². The molecular weight excluding hydrogens is 292 g/mol. The number of fused-ring (bicyclic) bond motifs is 1. The SMILES string of the molecule is CCc1cc2c(Cl)nc(N3CCN(CC)CC3)nc2s1. The Morgan fingerprint density at radius 3 is 2.60 bits per heavy atom. The first-order valence-corrected chi connectivity index (χ1v) is 8.34. The Hall–Kier alpha value is -0.910. The number of halogens is 1. The van der Waals surface area contributed by atoms with Crippen molar-refractivity contribution in [2.24, 2.45) is 0 Å².